The second-order valence-electron chi connectivity index (χ2n) is 7.31. The SMILES string of the molecule is Cc1cn[nH]c1C(=O)N1CCC(c2ccccc2)(N2CCCC2)CC1. The number of aryl methyl sites for hydroxylation is 1. The van der Waals surface area contributed by atoms with Crippen molar-refractivity contribution in [1.82, 2.24) is 20.0 Å². The fourth-order valence-corrected chi connectivity index (χ4v) is 4.48. The smallest absolute Gasteiger partial charge is 0.272 e. The van der Waals surface area contributed by atoms with Crippen LogP contribution in [0.25, 0.3) is 0 Å². The van der Waals surface area contributed by atoms with Crippen LogP contribution in [0.2, 0.25) is 0 Å². The largest absolute Gasteiger partial charge is 0.337 e. The van der Waals surface area contributed by atoms with Crippen molar-refractivity contribution in [3.8, 4) is 0 Å². The summed E-state index contributed by atoms with van der Waals surface area (Å²) in [7, 11) is 0. The van der Waals surface area contributed by atoms with Crippen molar-refractivity contribution in [2.75, 3.05) is 26.2 Å². The lowest BCUT2D eigenvalue weighted by Gasteiger charge is -2.48. The molecular formula is C20H26N4O. The molecule has 1 aromatic heterocycles. The van der Waals surface area contributed by atoms with E-state index in [1.54, 1.807) is 6.20 Å². The van der Waals surface area contributed by atoms with Gasteiger partial charge in [0.1, 0.15) is 5.69 Å². The molecule has 4 rings (SSSR count). The van der Waals surface area contributed by atoms with Gasteiger partial charge in [-0.15, -0.1) is 0 Å². The molecule has 2 aliphatic rings. The summed E-state index contributed by atoms with van der Waals surface area (Å²) >= 11 is 0. The van der Waals surface area contributed by atoms with E-state index in [1.807, 2.05) is 11.8 Å². The average molecular weight is 338 g/mol. The number of H-pyrrole nitrogens is 1. The first-order valence-corrected chi connectivity index (χ1v) is 9.30. The summed E-state index contributed by atoms with van der Waals surface area (Å²) < 4.78 is 0. The number of likely N-dealkylation sites (tertiary alicyclic amines) is 2. The van der Waals surface area contributed by atoms with Crippen LogP contribution in [0.1, 0.15) is 47.3 Å². The summed E-state index contributed by atoms with van der Waals surface area (Å²) in [6.45, 7) is 5.86. The van der Waals surface area contributed by atoms with Gasteiger partial charge in [-0.3, -0.25) is 14.8 Å². The van der Waals surface area contributed by atoms with Crippen LogP contribution in [-0.4, -0.2) is 52.1 Å². The number of aromatic nitrogens is 2. The lowest BCUT2D eigenvalue weighted by atomic mass is 9.79. The first kappa shape index (κ1) is 16.3. The highest BCUT2D eigenvalue weighted by molar-refractivity contribution is 5.93. The van der Waals surface area contributed by atoms with E-state index in [0.717, 1.165) is 31.5 Å². The van der Waals surface area contributed by atoms with E-state index < -0.39 is 0 Å². The first-order valence-electron chi connectivity index (χ1n) is 9.30. The number of nitrogens with zero attached hydrogens (tertiary/aromatic N) is 3. The van der Waals surface area contributed by atoms with Crippen molar-refractivity contribution in [2.24, 2.45) is 0 Å². The number of carbonyl (C=O) groups is 1. The molecule has 2 aliphatic heterocycles. The van der Waals surface area contributed by atoms with Crippen LogP contribution in [0.15, 0.2) is 36.5 Å². The molecule has 0 bridgehead atoms. The molecule has 0 saturated carbocycles. The number of hydrogen-bond donors (Lipinski definition) is 1. The summed E-state index contributed by atoms with van der Waals surface area (Å²) in [5, 5.41) is 6.85. The summed E-state index contributed by atoms with van der Waals surface area (Å²) in [6, 6.07) is 10.9. The van der Waals surface area contributed by atoms with Gasteiger partial charge in [-0.25, -0.2) is 0 Å². The van der Waals surface area contributed by atoms with E-state index in [0.29, 0.717) is 5.69 Å². The van der Waals surface area contributed by atoms with E-state index in [4.69, 9.17) is 0 Å². The zero-order chi connectivity index (χ0) is 17.3. The van der Waals surface area contributed by atoms with E-state index in [9.17, 15) is 4.79 Å². The lowest BCUT2D eigenvalue weighted by molar-refractivity contribution is 0.0291. The van der Waals surface area contributed by atoms with Crippen LogP contribution in [0.3, 0.4) is 0 Å². The molecule has 0 radical (unpaired) electrons. The topological polar surface area (TPSA) is 52.2 Å². The number of nitrogens with one attached hydrogen (secondary N) is 1. The van der Waals surface area contributed by atoms with E-state index in [-0.39, 0.29) is 11.4 Å². The van der Waals surface area contributed by atoms with Crippen molar-refractivity contribution in [3.05, 3.63) is 53.3 Å². The molecule has 5 nitrogen and oxygen atoms in total. The lowest BCUT2D eigenvalue weighted by Crippen LogP contribution is -2.53. The normalized spacial score (nSPS) is 20.8. The molecule has 0 aliphatic carbocycles. The van der Waals surface area contributed by atoms with Gasteiger partial charge in [-0.2, -0.15) is 5.10 Å². The van der Waals surface area contributed by atoms with E-state index >= 15 is 0 Å². The third kappa shape index (κ3) is 2.86. The van der Waals surface area contributed by atoms with Crippen LogP contribution < -0.4 is 0 Å². The van der Waals surface area contributed by atoms with Crippen molar-refractivity contribution in [1.29, 1.82) is 0 Å². The van der Waals surface area contributed by atoms with Crippen molar-refractivity contribution >= 4 is 5.91 Å². The van der Waals surface area contributed by atoms with Crippen molar-refractivity contribution < 1.29 is 4.79 Å². The van der Waals surface area contributed by atoms with Gasteiger partial charge in [0, 0.05) is 18.6 Å². The number of hydrogen-bond acceptors (Lipinski definition) is 3. The molecule has 25 heavy (non-hydrogen) atoms. The molecule has 2 aromatic rings. The molecule has 1 aromatic carbocycles. The molecule has 2 fully saturated rings. The zero-order valence-electron chi connectivity index (χ0n) is 14.9. The average Bonchev–Trinajstić information content (AvgIpc) is 3.34. The zero-order valence-corrected chi connectivity index (χ0v) is 14.9. The molecule has 0 unspecified atom stereocenters. The molecule has 1 N–H and O–H groups in total. The summed E-state index contributed by atoms with van der Waals surface area (Å²) in [4.78, 5) is 17.4. The van der Waals surface area contributed by atoms with Crippen LogP contribution >= 0.6 is 0 Å². The Balaban J connectivity index is 1.56. The monoisotopic (exact) mass is 338 g/mol. The minimum Gasteiger partial charge on any atom is -0.337 e. The molecule has 1 amide bonds. The Kier molecular flexibility index (Phi) is 4.34. The number of rotatable bonds is 3. The number of carbonyl (C=O) groups excluding carboxylic acids is 1. The van der Waals surface area contributed by atoms with Gasteiger partial charge in [0.2, 0.25) is 0 Å². The molecular weight excluding hydrogens is 312 g/mol. The third-order valence-corrected chi connectivity index (χ3v) is 5.94. The van der Waals surface area contributed by atoms with Crippen molar-refractivity contribution in [2.45, 2.75) is 38.1 Å². The minimum atomic E-state index is 0.0809. The first-order chi connectivity index (χ1) is 12.2. The van der Waals surface area contributed by atoms with Gasteiger partial charge in [-0.1, -0.05) is 30.3 Å². The van der Waals surface area contributed by atoms with Gasteiger partial charge in [0.05, 0.1) is 6.20 Å². The maximum absolute atomic E-state index is 12.8. The van der Waals surface area contributed by atoms with Crippen molar-refractivity contribution in [3.63, 3.8) is 0 Å². The molecule has 2 saturated heterocycles. The van der Waals surface area contributed by atoms with E-state index in [1.165, 1.54) is 31.5 Å². The quantitative estimate of drug-likeness (QED) is 0.936. The van der Waals surface area contributed by atoms with Gasteiger partial charge in [0.25, 0.3) is 5.91 Å². The van der Waals surface area contributed by atoms with Crippen LogP contribution in [-0.2, 0) is 5.54 Å². The Morgan fingerprint density at radius 2 is 1.76 bits per heavy atom. The van der Waals surface area contributed by atoms with Crippen LogP contribution in [0.5, 0.6) is 0 Å². The Hall–Kier alpha value is -2.14. The Labute approximate surface area is 149 Å². The highest BCUT2D eigenvalue weighted by atomic mass is 16.2. The molecule has 132 valence electrons. The predicted octanol–water partition coefficient (Wildman–Crippen LogP) is 2.95. The Bertz CT molecular complexity index is 725. The highest BCUT2D eigenvalue weighted by Gasteiger charge is 2.43. The summed E-state index contributed by atoms with van der Waals surface area (Å²) in [6.07, 6.45) is 6.27. The number of aromatic amines is 1. The Morgan fingerprint density at radius 1 is 1.08 bits per heavy atom. The van der Waals surface area contributed by atoms with Crippen LogP contribution in [0, 0.1) is 6.92 Å². The number of benzene rings is 1. The van der Waals surface area contributed by atoms with Gasteiger partial charge in [0.15, 0.2) is 0 Å². The third-order valence-electron chi connectivity index (χ3n) is 5.94. The van der Waals surface area contributed by atoms with E-state index in [2.05, 4.69) is 45.4 Å². The predicted molar refractivity (Wildman–Crippen MR) is 97.4 cm³/mol. The number of amides is 1. The highest BCUT2D eigenvalue weighted by Crippen LogP contribution is 2.41. The van der Waals surface area contributed by atoms with Gasteiger partial charge < -0.3 is 4.90 Å². The summed E-state index contributed by atoms with van der Waals surface area (Å²) in [5.74, 6) is 0.0816. The van der Waals surface area contributed by atoms with Gasteiger partial charge in [-0.05, 0) is 56.8 Å². The molecule has 5 heteroatoms. The summed E-state index contributed by atoms with van der Waals surface area (Å²) in [5.41, 5.74) is 3.04. The molecule has 0 atom stereocenters. The Morgan fingerprint density at radius 3 is 2.36 bits per heavy atom. The standard InChI is InChI=1S/C20H26N4O/c1-16-15-21-22-18(16)19(25)23-13-9-20(10-14-23,24-11-5-6-12-24)17-7-3-2-4-8-17/h2-4,7-8,15H,5-6,9-14H2,1H3,(H,21,22). The second kappa shape index (κ2) is 6.64. The minimum absolute atomic E-state index is 0.0809. The second-order valence-corrected chi connectivity index (χ2v) is 7.31. The fourth-order valence-electron chi connectivity index (χ4n) is 4.48. The maximum atomic E-state index is 12.8. The molecule has 0 spiro atoms. The van der Waals surface area contributed by atoms with Gasteiger partial charge >= 0.3 is 0 Å². The maximum Gasteiger partial charge on any atom is 0.272 e. The number of piperidine rings is 1. The fraction of sp³-hybridized carbons (Fsp3) is 0.500. The van der Waals surface area contributed by atoms with Crippen LogP contribution in [0.4, 0.5) is 0 Å². The molecule has 3 heterocycles.